The molecule has 0 fully saturated rings. The Kier molecular flexibility index (Phi) is 11.7. The van der Waals surface area contributed by atoms with Crippen LogP contribution >= 0.6 is 0 Å². The fourth-order valence-electron chi connectivity index (χ4n) is 14.1. The first-order valence-electron chi connectivity index (χ1n) is 29.9. The van der Waals surface area contributed by atoms with Gasteiger partial charge in [0.05, 0.1) is 0 Å². The molecule has 0 unspecified atom stereocenters. The predicted octanol–water partition coefficient (Wildman–Crippen LogP) is 24.3. The van der Waals surface area contributed by atoms with Gasteiger partial charge >= 0.3 is 0 Å². The van der Waals surface area contributed by atoms with Gasteiger partial charge in [0.2, 0.25) is 0 Å². The van der Waals surface area contributed by atoms with Gasteiger partial charge in [-0.25, -0.2) is 0 Å². The first-order chi connectivity index (χ1) is 43.0. The molecule has 0 radical (unpaired) electrons. The maximum Gasteiger partial charge on any atom is 0.136 e. The van der Waals surface area contributed by atoms with E-state index in [-0.39, 0.29) is 0 Å². The van der Waals surface area contributed by atoms with E-state index in [1.165, 1.54) is 115 Å². The minimum atomic E-state index is 0.855. The van der Waals surface area contributed by atoms with Crippen LogP contribution in [0.25, 0.3) is 176 Å². The highest BCUT2D eigenvalue weighted by Crippen LogP contribution is 2.48. The Labute approximate surface area is 503 Å². The molecule has 0 amide bonds. The average Bonchev–Trinajstić information content (AvgIpc) is 1.28. The third-order valence-electron chi connectivity index (χ3n) is 18.1. The molecule has 2 heteroatoms. The van der Waals surface area contributed by atoms with Crippen LogP contribution in [0.1, 0.15) is 16.9 Å². The minimum absolute atomic E-state index is 0.855. The molecule has 2 heterocycles. The standard InChI is InChI=1S/C85H54O2/c1-52(36-42-65-53(2)86-80-50-63(40-44-69(65)80)84-75-30-9-5-26-71(75)82(72-27-6-10-31-76(72)84)61-23-15-20-57(48-61)58-38-37-54-18-3-4-19-56(54)47-58)55-39-43-67-59(46-55)22-17-34-66(67)60-21-16-24-62(49-60)83-73-28-7-11-32-77(73)85(78-33-12-8-29-74(78)83)64-41-45-70-68-25-13-14-35-79(68)87-81(70)51-64/h3-51H,1H2,2H3/b42-36-. The molecule has 17 rings (SSSR count). The molecule has 0 saturated carbocycles. The van der Waals surface area contributed by atoms with Gasteiger partial charge in [0.15, 0.2) is 0 Å². The lowest BCUT2D eigenvalue weighted by atomic mass is 9.85. The van der Waals surface area contributed by atoms with Crippen molar-refractivity contribution in [3.05, 3.63) is 315 Å². The lowest BCUT2D eigenvalue weighted by molar-refractivity contribution is 0.577. The van der Waals surface area contributed by atoms with Crippen LogP contribution in [0.5, 0.6) is 0 Å². The maximum atomic E-state index is 6.65. The third-order valence-corrected chi connectivity index (χ3v) is 18.1. The summed E-state index contributed by atoms with van der Waals surface area (Å²) in [4.78, 5) is 0. The molecule has 0 aliphatic heterocycles. The lowest BCUT2D eigenvalue weighted by Gasteiger charge is -2.18. The Bertz CT molecular complexity index is 5630. The molecular weight excluding hydrogens is 1050 g/mol. The fraction of sp³-hybridized carbons (Fsp3) is 0.0118. The Balaban J connectivity index is 0.681. The zero-order valence-corrected chi connectivity index (χ0v) is 47.8. The average molecular weight is 1110 g/mol. The van der Waals surface area contributed by atoms with E-state index in [2.05, 4.69) is 299 Å². The molecule has 0 N–H and O–H groups in total. The van der Waals surface area contributed by atoms with E-state index in [0.29, 0.717) is 0 Å². The van der Waals surface area contributed by atoms with Crippen LogP contribution in [-0.4, -0.2) is 0 Å². The van der Waals surface area contributed by atoms with Crippen molar-refractivity contribution in [1.29, 1.82) is 0 Å². The van der Waals surface area contributed by atoms with Crippen molar-refractivity contribution in [2.45, 2.75) is 6.92 Å². The quantitative estimate of drug-likeness (QED) is 0.106. The van der Waals surface area contributed by atoms with Gasteiger partial charge in [0.25, 0.3) is 0 Å². The highest BCUT2D eigenvalue weighted by atomic mass is 16.3. The third kappa shape index (κ3) is 8.33. The van der Waals surface area contributed by atoms with Gasteiger partial charge in [-0.3, -0.25) is 0 Å². The highest BCUT2D eigenvalue weighted by Gasteiger charge is 2.21. The number of para-hydroxylation sites is 1. The highest BCUT2D eigenvalue weighted by molar-refractivity contribution is 6.24. The first-order valence-corrected chi connectivity index (χ1v) is 29.9. The maximum absolute atomic E-state index is 6.65. The summed E-state index contributed by atoms with van der Waals surface area (Å²) in [5.74, 6) is 0.866. The van der Waals surface area contributed by atoms with Crippen LogP contribution in [-0.2, 0) is 0 Å². The van der Waals surface area contributed by atoms with Crippen LogP contribution in [0.2, 0.25) is 0 Å². The molecule has 0 atom stereocenters. The summed E-state index contributed by atoms with van der Waals surface area (Å²) in [5.41, 5.74) is 20.0. The Hall–Kier alpha value is -11.3. The van der Waals surface area contributed by atoms with Gasteiger partial charge in [-0.05, 0) is 204 Å². The van der Waals surface area contributed by atoms with Crippen molar-refractivity contribution in [3.8, 4) is 66.8 Å². The van der Waals surface area contributed by atoms with Crippen molar-refractivity contribution in [2.24, 2.45) is 0 Å². The molecule has 0 bridgehead atoms. The molecule has 87 heavy (non-hydrogen) atoms. The predicted molar refractivity (Wildman–Crippen MR) is 370 cm³/mol. The lowest BCUT2D eigenvalue weighted by Crippen LogP contribution is -1.91. The molecule has 406 valence electrons. The van der Waals surface area contributed by atoms with Gasteiger partial charge in [-0.1, -0.05) is 249 Å². The van der Waals surface area contributed by atoms with Gasteiger partial charge in [0, 0.05) is 21.7 Å². The van der Waals surface area contributed by atoms with Gasteiger partial charge in [-0.15, -0.1) is 0 Å². The molecule has 17 aromatic rings. The zero-order valence-electron chi connectivity index (χ0n) is 47.8. The topological polar surface area (TPSA) is 26.3 Å². The summed E-state index contributed by atoms with van der Waals surface area (Å²) >= 11 is 0. The Morgan fingerprint density at radius 3 is 1.32 bits per heavy atom. The van der Waals surface area contributed by atoms with E-state index in [1.54, 1.807) is 0 Å². The number of benzene rings is 15. The van der Waals surface area contributed by atoms with Crippen molar-refractivity contribution >= 4 is 109 Å². The number of allylic oxidation sites excluding steroid dienone is 2. The smallest absolute Gasteiger partial charge is 0.136 e. The zero-order chi connectivity index (χ0) is 57.7. The number of fused-ring (bicyclic) bond motifs is 10. The fourth-order valence-corrected chi connectivity index (χ4v) is 14.1. The Morgan fingerprint density at radius 1 is 0.287 bits per heavy atom. The Morgan fingerprint density at radius 2 is 0.713 bits per heavy atom. The van der Waals surface area contributed by atoms with Crippen molar-refractivity contribution in [2.75, 3.05) is 0 Å². The van der Waals surface area contributed by atoms with E-state index in [9.17, 15) is 0 Å². The minimum Gasteiger partial charge on any atom is -0.461 e. The summed E-state index contributed by atoms with van der Waals surface area (Å²) in [6, 6.07) is 104. The first kappa shape index (κ1) is 50.2. The van der Waals surface area contributed by atoms with Crippen molar-refractivity contribution < 1.29 is 8.83 Å². The molecule has 2 aromatic heterocycles. The molecule has 0 saturated heterocycles. The number of rotatable bonds is 9. The molecule has 2 nitrogen and oxygen atoms in total. The van der Waals surface area contributed by atoms with E-state index in [1.807, 2.05) is 12.1 Å². The summed E-state index contributed by atoms with van der Waals surface area (Å²) in [6.45, 7) is 6.67. The molecule has 15 aromatic carbocycles. The van der Waals surface area contributed by atoms with Crippen LogP contribution in [0.3, 0.4) is 0 Å². The van der Waals surface area contributed by atoms with E-state index in [0.717, 1.165) is 71.9 Å². The number of aryl methyl sites for hydroxylation is 1. The monoisotopic (exact) mass is 1110 g/mol. The second-order valence-corrected chi connectivity index (χ2v) is 23.1. The molecule has 0 aliphatic carbocycles. The van der Waals surface area contributed by atoms with E-state index in [4.69, 9.17) is 8.83 Å². The summed E-state index contributed by atoms with van der Waals surface area (Å²) < 4.78 is 13.1. The molecular formula is C85H54O2. The van der Waals surface area contributed by atoms with Crippen molar-refractivity contribution in [1.82, 2.24) is 0 Å². The SMILES string of the molecule is C=C(/C=C\c1c(C)oc2cc(-c3c4ccccc4c(-c4cccc(-c5ccc6ccccc6c5)c4)c4ccccc34)ccc12)c1ccc2c(-c3cccc(-c4c5ccccc5c(-c5ccc6c(c5)oc5ccccc56)c5ccccc45)c3)cccc2c1. The normalized spacial score (nSPS) is 12.0. The van der Waals surface area contributed by atoms with E-state index < -0.39 is 0 Å². The van der Waals surface area contributed by atoms with Gasteiger partial charge in [-0.2, -0.15) is 0 Å². The van der Waals surface area contributed by atoms with E-state index >= 15 is 0 Å². The van der Waals surface area contributed by atoms with Gasteiger partial charge < -0.3 is 8.83 Å². The number of hydrogen-bond donors (Lipinski definition) is 0. The van der Waals surface area contributed by atoms with Gasteiger partial charge in [0.1, 0.15) is 22.5 Å². The second kappa shape index (κ2) is 20.2. The number of furan rings is 2. The summed E-state index contributed by atoms with van der Waals surface area (Å²) in [7, 11) is 0. The summed E-state index contributed by atoms with van der Waals surface area (Å²) in [6.07, 6.45) is 4.30. The number of hydrogen-bond acceptors (Lipinski definition) is 2. The van der Waals surface area contributed by atoms with Crippen LogP contribution in [0.4, 0.5) is 0 Å². The van der Waals surface area contributed by atoms with Crippen LogP contribution in [0, 0.1) is 6.92 Å². The molecule has 0 aliphatic rings. The second-order valence-electron chi connectivity index (χ2n) is 23.1. The van der Waals surface area contributed by atoms with Crippen molar-refractivity contribution in [3.63, 3.8) is 0 Å². The van der Waals surface area contributed by atoms with Crippen LogP contribution < -0.4 is 0 Å². The summed E-state index contributed by atoms with van der Waals surface area (Å²) in [5, 5.41) is 17.9. The molecule has 0 spiro atoms. The largest absolute Gasteiger partial charge is 0.461 e. The van der Waals surface area contributed by atoms with Crippen LogP contribution in [0.15, 0.2) is 307 Å².